The van der Waals surface area contributed by atoms with Crippen molar-refractivity contribution >= 4 is 29.1 Å². The number of nitrogens with zero attached hydrogens (tertiary/aromatic N) is 2. The Morgan fingerprint density at radius 2 is 1.75 bits per heavy atom. The smallest absolute Gasteiger partial charge is 0.254 e. The molecule has 0 aromatic heterocycles. The first-order valence-electron chi connectivity index (χ1n) is 7.92. The first kappa shape index (κ1) is 16.5. The summed E-state index contributed by atoms with van der Waals surface area (Å²) >= 11 is 5.87. The first-order chi connectivity index (χ1) is 11.5. The van der Waals surface area contributed by atoms with Crippen molar-refractivity contribution in [2.24, 2.45) is 0 Å². The van der Waals surface area contributed by atoms with Crippen LogP contribution in [0.25, 0.3) is 0 Å². The van der Waals surface area contributed by atoms with Crippen LogP contribution in [0, 0.1) is 6.92 Å². The lowest BCUT2D eigenvalue weighted by Crippen LogP contribution is -2.57. The van der Waals surface area contributed by atoms with E-state index < -0.39 is 6.04 Å². The van der Waals surface area contributed by atoms with Gasteiger partial charge in [-0.15, -0.1) is 0 Å². The molecule has 1 saturated heterocycles. The zero-order valence-electron chi connectivity index (χ0n) is 13.7. The van der Waals surface area contributed by atoms with Gasteiger partial charge in [-0.25, -0.2) is 0 Å². The lowest BCUT2D eigenvalue weighted by Gasteiger charge is -2.39. The Labute approximate surface area is 146 Å². The Kier molecular flexibility index (Phi) is 4.58. The molecule has 2 aromatic rings. The van der Waals surface area contributed by atoms with E-state index >= 15 is 0 Å². The average molecular weight is 343 g/mol. The molecule has 4 nitrogen and oxygen atoms in total. The van der Waals surface area contributed by atoms with E-state index in [-0.39, 0.29) is 11.8 Å². The second-order valence-electron chi connectivity index (χ2n) is 5.96. The molecule has 0 aliphatic carbocycles. The van der Waals surface area contributed by atoms with Gasteiger partial charge in [-0.3, -0.25) is 9.59 Å². The Bertz CT molecular complexity index is 773. The molecule has 1 fully saturated rings. The standard InChI is InChI=1S/C19H19ClN2O2/c1-13-5-3-4-6-17(13)22-12-11-21(14(2)18(22)23)19(24)15-7-9-16(20)10-8-15/h3-10,14H,11-12H2,1-2H3. The number of para-hydroxylation sites is 1. The quantitative estimate of drug-likeness (QED) is 0.837. The van der Waals surface area contributed by atoms with Crippen molar-refractivity contribution in [1.29, 1.82) is 0 Å². The second-order valence-corrected chi connectivity index (χ2v) is 6.39. The molecule has 2 amide bonds. The van der Waals surface area contributed by atoms with E-state index in [0.717, 1.165) is 11.3 Å². The molecule has 1 atom stereocenters. The number of halogens is 1. The van der Waals surface area contributed by atoms with E-state index in [4.69, 9.17) is 11.6 Å². The Morgan fingerprint density at radius 3 is 2.42 bits per heavy atom. The van der Waals surface area contributed by atoms with Gasteiger partial charge in [-0.2, -0.15) is 0 Å². The fraction of sp³-hybridized carbons (Fsp3) is 0.263. The van der Waals surface area contributed by atoms with Gasteiger partial charge in [0.2, 0.25) is 5.91 Å². The van der Waals surface area contributed by atoms with E-state index in [0.29, 0.717) is 23.7 Å². The van der Waals surface area contributed by atoms with Crippen LogP contribution in [0.5, 0.6) is 0 Å². The van der Waals surface area contributed by atoms with Crippen LogP contribution >= 0.6 is 11.6 Å². The van der Waals surface area contributed by atoms with Crippen molar-refractivity contribution in [3.8, 4) is 0 Å². The summed E-state index contributed by atoms with van der Waals surface area (Å²) in [5, 5.41) is 0.583. The molecule has 1 aliphatic heterocycles. The number of piperazine rings is 1. The number of amides is 2. The maximum absolute atomic E-state index is 12.8. The highest BCUT2D eigenvalue weighted by Gasteiger charge is 2.35. The maximum Gasteiger partial charge on any atom is 0.254 e. The highest BCUT2D eigenvalue weighted by Crippen LogP contribution is 2.25. The minimum Gasteiger partial charge on any atom is -0.325 e. The normalized spacial score (nSPS) is 18.0. The molecule has 0 spiro atoms. The van der Waals surface area contributed by atoms with Crippen LogP contribution in [0.15, 0.2) is 48.5 Å². The number of hydrogen-bond acceptors (Lipinski definition) is 2. The Hall–Kier alpha value is -2.33. The van der Waals surface area contributed by atoms with Gasteiger partial charge in [0.15, 0.2) is 0 Å². The molecule has 1 heterocycles. The molecule has 124 valence electrons. The van der Waals surface area contributed by atoms with Crippen molar-refractivity contribution in [2.45, 2.75) is 19.9 Å². The molecular formula is C19H19ClN2O2. The summed E-state index contributed by atoms with van der Waals surface area (Å²) in [4.78, 5) is 28.9. The third-order valence-electron chi connectivity index (χ3n) is 4.41. The molecule has 3 rings (SSSR count). The third kappa shape index (κ3) is 3.02. The highest BCUT2D eigenvalue weighted by molar-refractivity contribution is 6.30. The van der Waals surface area contributed by atoms with Crippen molar-refractivity contribution in [3.63, 3.8) is 0 Å². The van der Waals surface area contributed by atoms with E-state index in [9.17, 15) is 9.59 Å². The molecule has 0 bridgehead atoms. The molecule has 24 heavy (non-hydrogen) atoms. The number of carbonyl (C=O) groups excluding carboxylic acids is 2. The van der Waals surface area contributed by atoms with Gasteiger partial charge in [-0.05, 0) is 49.7 Å². The van der Waals surface area contributed by atoms with Crippen molar-refractivity contribution in [2.75, 3.05) is 18.0 Å². The van der Waals surface area contributed by atoms with Crippen molar-refractivity contribution in [1.82, 2.24) is 4.90 Å². The minimum atomic E-state index is -0.499. The molecule has 5 heteroatoms. The summed E-state index contributed by atoms with van der Waals surface area (Å²) in [6.45, 7) is 4.76. The van der Waals surface area contributed by atoms with Crippen LogP contribution in [0.3, 0.4) is 0 Å². The number of carbonyl (C=O) groups is 2. The zero-order valence-corrected chi connectivity index (χ0v) is 14.5. The summed E-state index contributed by atoms with van der Waals surface area (Å²) in [5.74, 6) is -0.199. The van der Waals surface area contributed by atoms with Gasteiger partial charge in [0.25, 0.3) is 5.91 Å². The largest absolute Gasteiger partial charge is 0.325 e. The molecule has 1 aliphatic rings. The van der Waals surface area contributed by atoms with E-state index in [1.807, 2.05) is 31.2 Å². The lowest BCUT2D eigenvalue weighted by molar-refractivity contribution is -0.124. The van der Waals surface area contributed by atoms with Crippen LogP contribution in [0.2, 0.25) is 5.02 Å². The molecule has 2 aromatic carbocycles. The zero-order chi connectivity index (χ0) is 17.3. The maximum atomic E-state index is 12.8. The van der Waals surface area contributed by atoms with Crippen molar-refractivity contribution in [3.05, 3.63) is 64.7 Å². The minimum absolute atomic E-state index is 0.0575. The van der Waals surface area contributed by atoms with Crippen molar-refractivity contribution < 1.29 is 9.59 Å². The summed E-state index contributed by atoms with van der Waals surface area (Å²) in [6.07, 6.45) is 0. The topological polar surface area (TPSA) is 40.6 Å². The lowest BCUT2D eigenvalue weighted by atomic mass is 10.1. The predicted octanol–water partition coefficient (Wildman–Crippen LogP) is 3.53. The van der Waals surface area contributed by atoms with E-state index in [1.54, 1.807) is 41.0 Å². The fourth-order valence-corrected chi connectivity index (χ4v) is 3.14. The number of aryl methyl sites for hydroxylation is 1. The van der Waals surface area contributed by atoms with Gasteiger partial charge in [0.05, 0.1) is 0 Å². The van der Waals surface area contributed by atoms with E-state index in [1.165, 1.54) is 0 Å². The monoisotopic (exact) mass is 342 g/mol. The van der Waals surface area contributed by atoms with Gasteiger partial charge in [0, 0.05) is 29.4 Å². The highest BCUT2D eigenvalue weighted by atomic mass is 35.5. The predicted molar refractivity (Wildman–Crippen MR) is 95.5 cm³/mol. The summed E-state index contributed by atoms with van der Waals surface area (Å²) in [5.41, 5.74) is 2.51. The molecule has 0 saturated carbocycles. The molecule has 1 unspecified atom stereocenters. The number of benzene rings is 2. The van der Waals surface area contributed by atoms with Crippen LogP contribution < -0.4 is 4.90 Å². The van der Waals surface area contributed by atoms with E-state index in [2.05, 4.69) is 0 Å². The Balaban J connectivity index is 1.81. The molecular weight excluding hydrogens is 324 g/mol. The first-order valence-corrected chi connectivity index (χ1v) is 8.30. The van der Waals surface area contributed by atoms with Gasteiger partial charge < -0.3 is 9.80 Å². The van der Waals surface area contributed by atoms with Gasteiger partial charge in [0.1, 0.15) is 6.04 Å². The van der Waals surface area contributed by atoms with Crippen LogP contribution in [-0.4, -0.2) is 35.8 Å². The van der Waals surface area contributed by atoms with Crippen LogP contribution in [0.4, 0.5) is 5.69 Å². The molecule has 0 N–H and O–H groups in total. The number of anilines is 1. The van der Waals surface area contributed by atoms with Crippen LogP contribution in [0.1, 0.15) is 22.8 Å². The average Bonchev–Trinajstić information content (AvgIpc) is 2.58. The number of hydrogen-bond donors (Lipinski definition) is 0. The summed E-state index contributed by atoms with van der Waals surface area (Å²) in [6, 6.07) is 14.1. The van der Waals surface area contributed by atoms with Gasteiger partial charge >= 0.3 is 0 Å². The van der Waals surface area contributed by atoms with Crippen LogP contribution in [-0.2, 0) is 4.79 Å². The molecule has 0 radical (unpaired) electrons. The second kappa shape index (κ2) is 6.65. The number of rotatable bonds is 2. The summed E-state index contributed by atoms with van der Waals surface area (Å²) in [7, 11) is 0. The third-order valence-corrected chi connectivity index (χ3v) is 4.67. The summed E-state index contributed by atoms with van der Waals surface area (Å²) < 4.78 is 0. The SMILES string of the molecule is Cc1ccccc1N1CCN(C(=O)c2ccc(Cl)cc2)C(C)C1=O. The van der Waals surface area contributed by atoms with Gasteiger partial charge in [-0.1, -0.05) is 29.8 Å². The fourth-order valence-electron chi connectivity index (χ4n) is 3.01. The Morgan fingerprint density at radius 1 is 1.08 bits per heavy atom.